The molecule has 1 aromatic carbocycles. The molecule has 1 saturated heterocycles. The zero-order valence-electron chi connectivity index (χ0n) is 15.1. The summed E-state index contributed by atoms with van der Waals surface area (Å²) in [4.78, 5) is 25.2. The third kappa shape index (κ3) is 5.93. The molecule has 2 amide bonds. The number of carbonyl (C=O) groups excluding carboxylic acids is 2. The number of amides is 2. The average molecular weight is 344 g/mol. The Morgan fingerprint density at radius 1 is 1.32 bits per heavy atom. The van der Waals surface area contributed by atoms with E-state index in [1.807, 2.05) is 42.2 Å². The summed E-state index contributed by atoms with van der Waals surface area (Å²) in [7, 11) is 0. The Balaban J connectivity index is 1.94. The fourth-order valence-corrected chi connectivity index (χ4v) is 2.93. The van der Waals surface area contributed by atoms with E-state index in [-0.39, 0.29) is 17.9 Å². The van der Waals surface area contributed by atoms with Gasteiger partial charge in [-0.25, -0.2) is 0 Å². The van der Waals surface area contributed by atoms with Gasteiger partial charge >= 0.3 is 0 Å². The van der Waals surface area contributed by atoms with Gasteiger partial charge in [-0.3, -0.25) is 9.59 Å². The quantitative estimate of drug-likeness (QED) is 0.773. The van der Waals surface area contributed by atoms with Gasteiger partial charge in [0.1, 0.15) is 5.75 Å². The summed E-state index contributed by atoms with van der Waals surface area (Å²) in [6, 6.07) is 7.73. The van der Waals surface area contributed by atoms with Gasteiger partial charge in [-0.1, -0.05) is 25.1 Å². The number of primary amides is 1. The number of nitrogens with zero attached hydrogens (tertiary/aromatic N) is 1. The number of ether oxygens (including phenoxy) is 1. The van der Waals surface area contributed by atoms with Crippen LogP contribution in [-0.2, 0) is 9.59 Å². The van der Waals surface area contributed by atoms with Crippen molar-refractivity contribution in [2.75, 3.05) is 13.1 Å². The first kappa shape index (κ1) is 19.0. The summed E-state index contributed by atoms with van der Waals surface area (Å²) in [6.45, 7) is 5.45. The molecule has 1 atom stereocenters. The zero-order chi connectivity index (χ0) is 18.2. The number of para-hydroxylation sites is 1. The van der Waals surface area contributed by atoms with Gasteiger partial charge < -0.3 is 15.4 Å². The monoisotopic (exact) mass is 344 g/mol. The Labute approximate surface area is 149 Å². The lowest BCUT2D eigenvalue weighted by Crippen LogP contribution is -2.38. The predicted molar refractivity (Wildman–Crippen MR) is 99.0 cm³/mol. The molecule has 0 saturated carbocycles. The number of hydrogen-bond acceptors (Lipinski definition) is 3. The number of benzene rings is 1. The molecule has 2 rings (SSSR count). The smallest absolute Gasteiger partial charge is 0.246 e. The molecule has 2 N–H and O–H groups in total. The van der Waals surface area contributed by atoms with Crippen LogP contribution in [-0.4, -0.2) is 35.9 Å². The van der Waals surface area contributed by atoms with Gasteiger partial charge in [0.05, 0.1) is 6.10 Å². The van der Waals surface area contributed by atoms with Crippen molar-refractivity contribution in [2.45, 2.75) is 45.6 Å². The molecular weight excluding hydrogens is 316 g/mol. The van der Waals surface area contributed by atoms with Crippen molar-refractivity contribution in [2.24, 2.45) is 11.7 Å². The number of likely N-dealkylation sites (tertiary alicyclic amines) is 1. The minimum atomic E-state index is -0.261. The highest BCUT2D eigenvalue weighted by atomic mass is 16.5. The molecule has 0 radical (unpaired) electrons. The average Bonchev–Trinajstić information content (AvgIpc) is 2.60. The second-order valence-electron chi connectivity index (χ2n) is 6.65. The zero-order valence-corrected chi connectivity index (χ0v) is 15.1. The topological polar surface area (TPSA) is 72.6 Å². The number of carbonyl (C=O) groups is 2. The van der Waals surface area contributed by atoms with Crippen LogP contribution in [0.1, 0.15) is 45.1 Å². The minimum Gasteiger partial charge on any atom is -0.490 e. The van der Waals surface area contributed by atoms with E-state index in [1.54, 1.807) is 6.08 Å². The maximum absolute atomic E-state index is 12.4. The van der Waals surface area contributed by atoms with Crippen molar-refractivity contribution >= 4 is 17.9 Å². The molecule has 0 spiro atoms. The number of nitrogens with two attached hydrogens (primary N) is 1. The van der Waals surface area contributed by atoms with Crippen molar-refractivity contribution in [3.05, 3.63) is 35.9 Å². The van der Waals surface area contributed by atoms with E-state index in [2.05, 4.69) is 6.92 Å². The third-order valence-corrected chi connectivity index (χ3v) is 4.64. The Morgan fingerprint density at radius 2 is 2.00 bits per heavy atom. The van der Waals surface area contributed by atoms with Crippen LogP contribution >= 0.6 is 0 Å². The standard InChI is InChI=1S/C20H28N2O3/c1-3-15(2)25-18-7-5-4-6-17(18)8-9-20(24)22-12-10-16(11-13-22)14-19(21)23/h4-9,15-16H,3,10-14H2,1-2H3,(H2,21,23)/b9-8+/t15-/m1/s1. The maximum Gasteiger partial charge on any atom is 0.246 e. The van der Waals surface area contributed by atoms with Gasteiger partial charge in [-0.15, -0.1) is 0 Å². The Bertz CT molecular complexity index is 619. The molecule has 1 aliphatic heterocycles. The fourth-order valence-electron chi connectivity index (χ4n) is 2.93. The van der Waals surface area contributed by atoms with Crippen LogP contribution in [0, 0.1) is 5.92 Å². The van der Waals surface area contributed by atoms with Crippen LogP contribution in [0.2, 0.25) is 0 Å². The Kier molecular flexibility index (Phi) is 7.04. The molecule has 5 nitrogen and oxygen atoms in total. The molecule has 25 heavy (non-hydrogen) atoms. The number of piperidine rings is 1. The van der Waals surface area contributed by atoms with E-state index in [0.29, 0.717) is 25.4 Å². The molecular formula is C20H28N2O3. The van der Waals surface area contributed by atoms with E-state index in [0.717, 1.165) is 30.6 Å². The normalized spacial score (nSPS) is 16.8. The van der Waals surface area contributed by atoms with Crippen LogP contribution < -0.4 is 10.5 Å². The first-order valence-electron chi connectivity index (χ1n) is 9.00. The van der Waals surface area contributed by atoms with Gasteiger partial charge in [-0.2, -0.15) is 0 Å². The van der Waals surface area contributed by atoms with Gasteiger partial charge in [0.2, 0.25) is 11.8 Å². The maximum atomic E-state index is 12.4. The van der Waals surface area contributed by atoms with Crippen LogP contribution in [0.5, 0.6) is 5.75 Å². The molecule has 1 aliphatic rings. The predicted octanol–water partition coefficient (Wildman–Crippen LogP) is 2.99. The summed E-state index contributed by atoms with van der Waals surface area (Å²) >= 11 is 0. The molecule has 0 unspecified atom stereocenters. The number of hydrogen-bond donors (Lipinski definition) is 1. The first-order valence-corrected chi connectivity index (χ1v) is 9.00. The van der Waals surface area contributed by atoms with Gasteiger partial charge in [0.15, 0.2) is 0 Å². The van der Waals surface area contributed by atoms with Crippen molar-refractivity contribution in [1.29, 1.82) is 0 Å². The van der Waals surface area contributed by atoms with E-state index in [4.69, 9.17) is 10.5 Å². The largest absolute Gasteiger partial charge is 0.490 e. The molecule has 5 heteroatoms. The van der Waals surface area contributed by atoms with Crippen LogP contribution in [0.15, 0.2) is 30.3 Å². The van der Waals surface area contributed by atoms with Crippen molar-refractivity contribution in [1.82, 2.24) is 4.90 Å². The van der Waals surface area contributed by atoms with Crippen LogP contribution in [0.3, 0.4) is 0 Å². The molecule has 0 aromatic heterocycles. The van der Waals surface area contributed by atoms with Crippen molar-refractivity contribution in [3.8, 4) is 5.75 Å². The summed E-state index contributed by atoms with van der Waals surface area (Å²) in [5.41, 5.74) is 6.15. The lowest BCUT2D eigenvalue weighted by atomic mass is 9.93. The summed E-state index contributed by atoms with van der Waals surface area (Å²) in [5, 5.41) is 0. The van der Waals surface area contributed by atoms with E-state index < -0.39 is 0 Å². The second kappa shape index (κ2) is 9.25. The Morgan fingerprint density at radius 3 is 2.64 bits per heavy atom. The first-order chi connectivity index (χ1) is 12.0. The van der Waals surface area contributed by atoms with Gasteiger partial charge in [-0.05, 0) is 44.2 Å². The molecule has 136 valence electrons. The molecule has 1 aromatic rings. The Hall–Kier alpha value is -2.30. The highest BCUT2D eigenvalue weighted by Crippen LogP contribution is 2.23. The lowest BCUT2D eigenvalue weighted by Gasteiger charge is -2.30. The lowest BCUT2D eigenvalue weighted by molar-refractivity contribution is -0.127. The van der Waals surface area contributed by atoms with Crippen LogP contribution in [0.4, 0.5) is 0 Å². The second-order valence-corrected chi connectivity index (χ2v) is 6.65. The SMILES string of the molecule is CC[C@@H](C)Oc1ccccc1/C=C/C(=O)N1CCC(CC(N)=O)CC1. The fraction of sp³-hybridized carbons (Fsp3) is 0.500. The minimum absolute atomic E-state index is 0.00383. The molecule has 1 heterocycles. The van der Waals surface area contributed by atoms with Gasteiger partial charge in [0.25, 0.3) is 0 Å². The molecule has 0 aliphatic carbocycles. The van der Waals surface area contributed by atoms with Crippen molar-refractivity contribution < 1.29 is 14.3 Å². The van der Waals surface area contributed by atoms with Gasteiger partial charge in [0, 0.05) is 31.1 Å². The van der Waals surface area contributed by atoms with E-state index in [1.165, 1.54) is 0 Å². The molecule has 0 bridgehead atoms. The van der Waals surface area contributed by atoms with E-state index >= 15 is 0 Å². The summed E-state index contributed by atoms with van der Waals surface area (Å²) in [5.74, 6) is 0.828. The van der Waals surface area contributed by atoms with Crippen molar-refractivity contribution in [3.63, 3.8) is 0 Å². The van der Waals surface area contributed by atoms with Crippen LogP contribution in [0.25, 0.3) is 6.08 Å². The highest BCUT2D eigenvalue weighted by Gasteiger charge is 2.22. The number of rotatable bonds is 7. The molecule has 1 fully saturated rings. The summed E-state index contributed by atoms with van der Waals surface area (Å²) in [6.07, 6.45) is 6.56. The third-order valence-electron chi connectivity index (χ3n) is 4.64. The van der Waals surface area contributed by atoms with E-state index in [9.17, 15) is 9.59 Å². The highest BCUT2D eigenvalue weighted by molar-refractivity contribution is 5.92. The summed E-state index contributed by atoms with van der Waals surface area (Å²) < 4.78 is 5.90.